The maximum absolute atomic E-state index is 13.0. The minimum absolute atomic E-state index is 0.000576. The standard InChI is InChI=1S/C22H26FN7O/c1-13(2)21-22(31)28-20-14(3)27-19(7-17(20)29(21)4)25-9-16-10-26-30(12-16)11-15-5-6-18(23)24-8-15/h5-8,10,12-13,21H,9,11H2,1-4H3,(H,25,27)(H,28,31). The van der Waals surface area contributed by atoms with Gasteiger partial charge >= 0.3 is 0 Å². The Balaban J connectivity index is 1.46. The Kier molecular flexibility index (Phi) is 5.58. The minimum atomic E-state index is -0.494. The molecule has 9 heteroatoms. The van der Waals surface area contributed by atoms with E-state index >= 15 is 0 Å². The second kappa shape index (κ2) is 8.33. The normalized spacial score (nSPS) is 15.7. The number of hydrogen-bond acceptors (Lipinski definition) is 6. The largest absolute Gasteiger partial charge is 0.366 e. The van der Waals surface area contributed by atoms with Crippen molar-refractivity contribution in [3.63, 3.8) is 0 Å². The monoisotopic (exact) mass is 423 g/mol. The molecule has 4 heterocycles. The van der Waals surface area contributed by atoms with Gasteiger partial charge in [-0.15, -0.1) is 0 Å². The summed E-state index contributed by atoms with van der Waals surface area (Å²) in [4.78, 5) is 22.8. The first-order chi connectivity index (χ1) is 14.8. The number of aryl methyl sites for hydroxylation is 1. The molecule has 8 nitrogen and oxygen atoms in total. The predicted octanol–water partition coefficient (Wildman–Crippen LogP) is 3.19. The summed E-state index contributed by atoms with van der Waals surface area (Å²) in [6.07, 6.45) is 5.23. The van der Waals surface area contributed by atoms with Crippen LogP contribution in [0.4, 0.5) is 21.6 Å². The average molecular weight is 423 g/mol. The number of nitrogens with one attached hydrogen (secondary N) is 2. The zero-order chi connectivity index (χ0) is 22.1. The lowest BCUT2D eigenvalue weighted by atomic mass is 9.98. The highest BCUT2D eigenvalue weighted by Gasteiger charge is 2.34. The molecule has 2 N–H and O–H groups in total. The van der Waals surface area contributed by atoms with Crippen LogP contribution < -0.4 is 15.5 Å². The number of anilines is 3. The van der Waals surface area contributed by atoms with Gasteiger partial charge in [0.2, 0.25) is 11.9 Å². The lowest BCUT2D eigenvalue weighted by molar-refractivity contribution is -0.118. The number of carbonyl (C=O) groups excluding carboxylic acids is 1. The van der Waals surface area contributed by atoms with Crippen LogP contribution in [0, 0.1) is 18.8 Å². The molecule has 3 aromatic heterocycles. The van der Waals surface area contributed by atoms with Crippen LogP contribution in [0.25, 0.3) is 0 Å². The van der Waals surface area contributed by atoms with E-state index in [0.29, 0.717) is 13.1 Å². The Bertz CT molecular complexity index is 1090. The highest BCUT2D eigenvalue weighted by atomic mass is 19.1. The first kappa shape index (κ1) is 20.8. The molecule has 1 amide bonds. The van der Waals surface area contributed by atoms with Gasteiger partial charge in [0.1, 0.15) is 11.9 Å². The molecule has 0 radical (unpaired) electrons. The average Bonchev–Trinajstić information content (AvgIpc) is 3.16. The molecular formula is C22H26FN7O. The first-order valence-electron chi connectivity index (χ1n) is 10.2. The van der Waals surface area contributed by atoms with E-state index in [-0.39, 0.29) is 17.9 Å². The lowest BCUT2D eigenvalue weighted by Gasteiger charge is -2.38. The Morgan fingerprint density at radius 2 is 2.06 bits per heavy atom. The molecule has 0 saturated carbocycles. The molecule has 0 spiro atoms. The summed E-state index contributed by atoms with van der Waals surface area (Å²) in [7, 11) is 1.94. The molecule has 1 unspecified atom stereocenters. The van der Waals surface area contributed by atoms with Crippen LogP contribution in [0.15, 0.2) is 36.8 Å². The lowest BCUT2D eigenvalue weighted by Crippen LogP contribution is -2.49. The van der Waals surface area contributed by atoms with E-state index in [1.165, 1.54) is 12.3 Å². The minimum Gasteiger partial charge on any atom is -0.366 e. The van der Waals surface area contributed by atoms with E-state index in [4.69, 9.17) is 0 Å². The molecule has 4 rings (SSSR count). The second-order valence-corrected chi connectivity index (χ2v) is 8.16. The summed E-state index contributed by atoms with van der Waals surface area (Å²) in [5.74, 6) is 0.425. The Hall–Kier alpha value is -3.49. The van der Waals surface area contributed by atoms with Crippen LogP contribution >= 0.6 is 0 Å². The van der Waals surface area contributed by atoms with Crippen molar-refractivity contribution in [3.8, 4) is 0 Å². The zero-order valence-electron chi connectivity index (χ0n) is 18.1. The van der Waals surface area contributed by atoms with Crippen molar-refractivity contribution < 1.29 is 9.18 Å². The number of hydrogen-bond donors (Lipinski definition) is 2. The molecule has 0 fully saturated rings. The number of nitrogens with zero attached hydrogens (tertiary/aromatic N) is 5. The van der Waals surface area contributed by atoms with Crippen molar-refractivity contribution in [2.45, 2.75) is 39.9 Å². The number of rotatable bonds is 6. The molecule has 0 bridgehead atoms. The summed E-state index contributed by atoms with van der Waals surface area (Å²) in [6.45, 7) is 7.04. The van der Waals surface area contributed by atoms with Gasteiger partial charge in [-0.3, -0.25) is 9.48 Å². The summed E-state index contributed by atoms with van der Waals surface area (Å²) < 4.78 is 14.7. The van der Waals surface area contributed by atoms with Gasteiger partial charge in [-0.2, -0.15) is 9.49 Å². The van der Waals surface area contributed by atoms with E-state index in [0.717, 1.165) is 34.0 Å². The first-order valence-corrected chi connectivity index (χ1v) is 10.2. The molecular weight excluding hydrogens is 397 g/mol. The number of likely N-dealkylation sites (N-methyl/N-ethyl adjacent to an activating group) is 1. The van der Waals surface area contributed by atoms with Crippen LogP contribution in [0.5, 0.6) is 0 Å². The van der Waals surface area contributed by atoms with Crippen molar-refractivity contribution in [1.82, 2.24) is 19.7 Å². The van der Waals surface area contributed by atoms with Crippen LogP contribution in [0.1, 0.15) is 30.7 Å². The maximum atomic E-state index is 13.0. The Morgan fingerprint density at radius 1 is 1.26 bits per heavy atom. The highest BCUT2D eigenvalue weighted by molar-refractivity contribution is 6.04. The van der Waals surface area contributed by atoms with Gasteiger partial charge < -0.3 is 15.5 Å². The molecule has 1 atom stereocenters. The van der Waals surface area contributed by atoms with Crippen molar-refractivity contribution in [2.75, 3.05) is 22.6 Å². The number of aromatic nitrogens is 4. The Morgan fingerprint density at radius 3 is 2.77 bits per heavy atom. The number of carbonyl (C=O) groups is 1. The van der Waals surface area contributed by atoms with Crippen LogP contribution in [0.2, 0.25) is 0 Å². The van der Waals surface area contributed by atoms with Crippen molar-refractivity contribution in [2.24, 2.45) is 5.92 Å². The molecule has 0 aliphatic carbocycles. The summed E-state index contributed by atoms with van der Waals surface area (Å²) in [5.41, 5.74) is 4.35. The highest BCUT2D eigenvalue weighted by Crippen LogP contribution is 2.36. The topological polar surface area (TPSA) is 88.0 Å². The third-order valence-electron chi connectivity index (χ3n) is 5.42. The fourth-order valence-electron chi connectivity index (χ4n) is 3.92. The van der Waals surface area contributed by atoms with Gasteiger partial charge in [0.05, 0.1) is 29.8 Å². The van der Waals surface area contributed by atoms with Crippen molar-refractivity contribution >= 4 is 23.1 Å². The number of halogens is 1. The molecule has 3 aromatic rings. The summed E-state index contributed by atoms with van der Waals surface area (Å²) in [5, 5.41) is 10.7. The molecule has 0 aromatic carbocycles. The maximum Gasteiger partial charge on any atom is 0.247 e. The van der Waals surface area contributed by atoms with Crippen LogP contribution in [-0.4, -0.2) is 38.7 Å². The zero-order valence-corrected chi connectivity index (χ0v) is 18.1. The van der Waals surface area contributed by atoms with E-state index < -0.39 is 5.95 Å². The summed E-state index contributed by atoms with van der Waals surface area (Å²) >= 11 is 0. The van der Waals surface area contributed by atoms with E-state index in [1.807, 2.05) is 45.0 Å². The van der Waals surface area contributed by atoms with Gasteiger partial charge in [0, 0.05) is 37.6 Å². The van der Waals surface area contributed by atoms with Gasteiger partial charge in [0.15, 0.2) is 0 Å². The number of pyridine rings is 2. The summed E-state index contributed by atoms with van der Waals surface area (Å²) in [6, 6.07) is 4.78. The van der Waals surface area contributed by atoms with Gasteiger partial charge in [0.25, 0.3) is 0 Å². The third-order valence-corrected chi connectivity index (χ3v) is 5.42. The number of amides is 1. The molecule has 0 saturated heterocycles. The second-order valence-electron chi connectivity index (χ2n) is 8.16. The van der Waals surface area contributed by atoms with Gasteiger partial charge in [-0.05, 0) is 24.5 Å². The Labute approximate surface area is 180 Å². The van der Waals surface area contributed by atoms with E-state index in [2.05, 4.69) is 25.7 Å². The van der Waals surface area contributed by atoms with E-state index in [1.54, 1.807) is 16.9 Å². The predicted molar refractivity (Wildman–Crippen MR) is 117 cm³/mol. The molecule has 1 aliphatic rings. The smallest absolute Gasteiger partial charge is 0.247 e. The quantitative estimate of drug-likeness (QED) is 0.592. The molecule has 162 valence electrons. The van der Waals surface area contributed by atoms with Gasteiger partial charge in [-0.1, -0.05) is 19.9 Å². The van der Waals surface area contributed by atoms with Gasteiger partial charge in [-0.25, -0.2) is 9.97 Å². The SMILES string of the molecule is Cc1nc(NCc2cnn(Cc3ccc(F)nc3)c2)cc2c1NC(=O)C(C(C)C)N2C. The fourth-order valence-corrected chi connectivity index (χ4v) is 3.92. The number of fused-ring (bicyclic) bond motifs is 1. The fraction of sp³-hybridized carbons (Fsp3) is 0.364. The van der Waals surface area contributed by atoms with E-state index in [9.17, 15) is 9.18 Å². The third kappa shape index (κ3) is 4.35. The van der Waals surface area contributed by atoms with Crippen LogP contribution in [-0.2, 0) is 17.9 Å². The van der Waals surface area contributed by atoms with Crippen LogP contribution in [0.3, 0.4) is 0 Å². The van der Waals surface area contributed by atoms with Crippen molar-refractivity contribution in [3.05, 3.63) is 59.6 Å². The molecule has 31 heavy (non-hydrogen) atoms. The van der Waals surface area contributed by atoms with Crippen molar-refractivity contribution in [1.29, 1.82) is 0 Å². The molecule has 1 aliphatic heterocycles.